The third-order valence-electron chi connectivity index (χ3n) is 4.96. The van der Waals surface area contributed by atoms with E-state index in [4.69, 9.17) is 9.47 Å². The Kier molecular flexibility index (Phi) is 6.13. The molecule has 0 saturated carbocycles. The lowest BCUT2D eigenvalue weighted by Crippen LogP contribution is -2.20. The largest absolute Gasteiger partial charge is 0.497 e. The Morgan fingerprint density at radius 3 is 2.55 bits per heavy atom. The first-order valence-electron chi connectivity index (χ1n) is 9.69. The normalized spacial score (nSPS) is 10.7. The molecule has 0 radical (unpaired) electrons. The number of urea groups is 1. The summed E-state index contributed by atoms with van der Waals surface area (Å²) in [6.45, 7) is 0.700. The van der Waals surface area contributed by atoms with Gasteiger partial charge in [0, 0.05) is 22.6 Å². The highest BCUT2D eigenvalue weighted by Crippen LogP contribution is 2.29. The number of methoxy groups -OCH3 is 2. The molecule has 0 bridgehead atoms. The summed E-state index contributed by atoms with van der Waals surface area (Å²) in [5.74, 6) is 1.41. The van der Waals surface area contributed by atoms with Crippen molar-refractivity contribution in [1.82, 2.24) is 4.57 Å². The highest BCUT2D eigenvalue weighted by atomic mass is 79.9. The quantitative estimate of drug-likeness (QED) is 0.350. The Labute approximate surface area is 188 Å². The van der Waals surface area contributed by atoms with Crippen LogP contribution in [-0.2, 0) is 6.54 Å². The Morgan fingerprint density at radius 2 is 1.74 bits per heavy atom. The van der Waals surface area contributed by atoms with E-state index in [1.807, 2.05) is 54.7 Å². The van der Waals surface area contributed by atoms with Crippen LogP contribution < -0.4 is 20.1 Å². The number of rotatable bonds is 6. The zero-order valence-electron chi connectivity index (χ0n) is 17.2. The second-order valence-corrected chi connectivity index (χ2v) is 7.87. The molecule has 0 fully saturated rings. The molecule has 158 valence electrons. The second-order valence-electron chi connectivity index (χ2n) is 6.96. The van der Waals surface area contributed by atoms with E-state index in [2.05, 4.69) is 37.2 Å². The number of amides is 2. The molecule has 2 amide bonds. The van der Waals surface area contributed by atoms with Crippen LogP contribution in [0.5, 0.6) is 11.5 Å². The van der Waals surface area contributed by atoms with Crippen LogP contribution in [0.2, 0.25) is 0 Å². The smallest absolute Gasteiger partial charge is 0.323 e. The van der Waals surface area contributed by atoms with E-state index in [-0.39, 0.29) is 6.03 Å². The highest BCUT2D eigenvalue weighted by Gasteiger charge is 2.12. The molecule has 1 heterocycles. The molecule has 6 nitrogen and oxygen atoms in total. The summed E-state index contributed by atoms with van der Waals surface area (Å²) in [6.07, 6.45) is 2.02. The van der Waals surface area contributed by atoms with Crippen molar-refractivity contribution in [3.8, 4) is 11.5 Å². The van der Waals surface area contributed by atoms with E-state index in [1.165, 1.54) is 0 Å². The lowest BCUT2D eigenvalue weighted by molar-refractivity contribution is 0.262. The molecular weight excluding hydrogens is 458 g/mol. The number of halogens is 1. The topological polar surface area (TPSA) is 64.5 Å². The highest BCUT2D eigenvalue weighted by molar-refractivity contribution is 9.10. The van der Waals surface area contributed by atoms with Gasteiger partial charge in [0.25, 0.3) is 0 Å². The van der Waals surface area contributed by atoms with E-state index in [1.54, 1.807) is 26.4 Å². The van der Waals surface area contributed by atoms with Crippen molar-refractivity contribution < 1.29 is 14.3 Å². The number of aromatic nitrogens is 1. The number of carbonyl (C=O) groups is 1. The molecule has 0 aliphatic carbocycles. The van der Waals surface area contributed by atoms with Gasteiger partial charge in [0.15, 0.2) is 0 Å². The van der Waals surface area contributed by atoms with Crippen LogP contribution in [0.3, 0.4) is 0 Å². The fraction of sp³-hybridized carbons (Fsp3) is 0.125. The van der Waals surface area contributed by atoms with Gasteiger partial charge >= 0.3 is 6.03 Å². The number of carbonyl (C=O) groups excluding carboxylic acids is 1. The van der Waals surface area contributed by atoms with E-state index in [0.29, 0.717) is 18.0 Å². The third-order valence-corrected chi connectivity index (χ3v) is 5.45. The Morgan fingerprint density at radius 1 is 0.935 bits per heavy atom. The molecule has 0 saturated heterocycles. The summed E-state index contributed by atoms with van der Waals surface area (Å²) in [5.41, 5.74) is 3.47. The van der Waals surface area contributed by atoms with Crippen molar-refractivity contribution in [2.24, 2.45) is 0 Å². The summed E-state index contributed by atoms with van der Waals surface area (Å²) in [7, 11) is 3.23. The number of anilines is 2. The van der Waals surface area contributed by atoms with Crippen molar-refractivity contribution in [1.29, 1.82) is 0 Å². The molecule has 0 atom stereocenters. The van der Waals surface area contributed by atoms with E-state index in [0.717, 1.165) is 32.4 Å². The number of nitrogens with zero attached hydrogens (tertiary/aromatic N) is 1. The van der Waals surface area contributed by atoms with Crippen LogP contribution in [0.1, 0.15) is 5.56 Å². The predicted octanol–water partition coefficient (Wildman–Crippen LogP) is 6.11. The van der Waals surface area contributed by atoms with Crippen LogP contribution >= 0.6 is 15.9 Å². The van der Waals surface area contributed by atoms with Crippen molar-refractivity contribution >= 4 is 44.2 Å². The van der Waals surface area contributed by atoms with Crippen LogP contribution in [0, 0.1) is 0 Å². The Bertz CT molecular complexity index is 1240. The SMILES string of the molecule is COc1cccc(Cn2ccc3c(NC(=O)Nc4cc(Br)ccc4OC)cccc32)c1. The number of fused-ring (bicyclic) bond motifs is 1. The van der Waals surface area contributed by atoms with Gasteiger partial charge in [-0.3, -0.25) is 0 Å². The van der Waals surface area contributed by atoms with Gasteiger partial charge in [-0.1, -0.05) is 34.1 Å². The number of hydrogen-bond acceptors (Lipinski definition) is 3. The van der Waals surface area contributed by atoms with Gasteiger partial charge in [0.1, 0.15) is 11.5 Å². The summed E-state index contributed by atoms with van der Waals surface area (Å²) in [6, 6.07) is 20.9. The van der Waals surface area contributed by atoms with Crippen LogP contribution in [-0.4, -0.2) is 24.8 Å². The van der Waals surface area contributed by atoms with Crippen LogP contribution in [0.25, 0.3) is 10.9 Å². The number of ether oxygens (including phenoxy) is 2. The molecular formula is C24H22BrN3O3. The molecule has 0 unspecified atom stereocenters. The van der Waals surface area contributed by atoms with Gasteiger partial charge in [0.2, 0.25) is 0 Å². The number of nitrogens with one attached hydrogen (secondary N) is 2. The minimum atomic E-state index is -0.343. The first kappa shape index (κ1) is 20.8. The van der Waals surface area contributed by atoms with E-state index >= 15 is 0 Å². The first-order chi connectivity index (χ1) is 15.1. The van der Waals surface area contributed by atoms with E-state index < -0.39 is 0 Å². The van der Waals surface area contributed by atoms with Gasteiger partial charge in [-0.2, -0.15) is 0 Å². The van der Waals surface area contributed by atoms with Gasteiger partial charge in [-0.15, -0.1) is 0 Å². The van der Waals surface area contributed by atoms with Crippen molar-refractivity contribution in [3.63, 3.8) is 0 Å². The van der Waals surface area contributed by atoms with Crippen molar-refractivity contribution in [2.75, 3.05) is 24.9 Å². The third kappa shape index (κ3) is 4.67. The van der Waals surface area contributed by atoms with Crippen LogP contribution in [0.15, 0.2) is 77.4 Å². The Hall–Kier alpha value is -3.45. The zero-order chi connectivity index (χ0) is 21.8. The minimum absolute atomic E-state index is 0.343. The second kappa shape index (κ2) is 9.14. The average molecular weight is 480 g/mol. The van der Waals surface area contributed by atoms with Gasteiger partial charge in [0.05, 0.1) is 31.1 Å². The molecule has 2 N–H and O–H groups in total. The molecule has 0 spiro atoms. The van der Waals surface area contributed by atoms with Gasteiger partial charge in [-0.05, 0) is 54.1 Å². The maximum Gasteiger partial charge on any atom is 0.323 e. The molecule has 0 aliphatic heterocycles. The van der Waals surface area contributed by atoms with Crippen molar-refractivity contribution in [3.05, 3.63) is 83.0 Å². The number of benzene rings is 3. The van der Waals surface area contributed by atoms with Crippen LogP contribution in [0.4, 0.5) is 16.2 Å². The fourth-order valence-corrected chi connectivity index (χ4v) is 3.85. The molecule has 1 aromatic heterocycles. The molecule has 3 aromatic carbocycles. The number of hydrogen-bond donors (Lipinski definition) is 2. The summed E-state index contributed by atoms with van der Waals surface area (Å²) in [5, 5.41) is 6.75. The first-order valence-corrected chi connectivity index (χ1v) is 10.5. The summed E-state index contributed by atoms with van der Waals surface area (Å²) in [4.78, 5) is 12.7. The molecule has 4 rings (SSSR count). The average Bonchev–Trinajstić information content (AvgIpc) is 3.18. The predicted molar refractivity (Wildman–Crippen MR) is 127 cm³/mol. The standard InChI is InChI=1S/C24H22BrN3O3/c1-30-18-6-3-5-16(13-18)15-28-12-11-19-20(7-4-8-22(19)28)26-24(29)27-21-14-17(25)9-10-23(21)31-2/h3-14H,15H2,1-2H3,(H2,26,27,29). The zero-order valence-corrected chi connectivity index (χ0v) is 18.8. The summed E-state index contributed by atoms with van der Waals surface area (Å²) < 4.78 is 13.6. The fourth-order valence-electron chi connectivity index (χ4n) is 3.49. The monoisotopic (exact) mass is 479 g/mol. The minimum Gasteiger partial charge on any atom is -0.497 e. The lowest BCUT2D eigenvalue weighted by atomic mass is 10.2. The lowest BCUT2D eigenvalue weighted by Gasteiger charge is -2.13. The maximum absolute atomic E-state index is 12.7. The molecule has 0 aliphatic rings. The van der Waals surface area contributed by atoms with Gasteiger partial charge < -0.3 is 24.7 Å². The Balaban J connectivity index is 1.55. The molecule has 31 heavy (non-hydrogen) atoms. The molecule has 4 aromatic rings. The maximum atomic E-state index is 12.7. The summed E-state index contributed by atoms with van der Waals surface area (Å²) >= 11 is 3.42. The van der Waals surface area contributed by atoms with E-state index in [9.17, 15) is 4.79 Å². The molecule has 7 heteroatoms. The van der Waals surface area contributed by atoms with Crippen molar-refractivity contribution in [2.45, 2.75) is 6.54 Å². The van der Waals surface area contributed by atoms with Gasteiger partial charge in [-0.25, -0.2) is 4.79 Å².